The zero-order valence-corrected chi connectivity index (χ0v) is 11.7. The van der Waals surface area contributed by atoms with Gasteiger partial charge in [0.2, 0.25) is 5.91 Å². The van der Waals surface area contributed by atoms with Crippen molar-refractivity contribution < 1.29 is 9.53 Å². The van der Waals surface area contributed by atoms with E-state index in [4.69, 9.17) is 4.74 Å². The van der Waals surface area contributed by atoms with Crippen molar-refractivity contribution in [3.8, 4) is 0 Å². The molecule has 0 spiro atoms. The summed E-state index contributed by atoms with van der Waals surface area (Å²) in [5.74, 6) is 0.786. The number of hydrogen-bond donors (Lipinski definition) is 1. The molecular weight excluding hydrogens is 228 g/mol. The van der Waals surface area contributed by atoms with E-state index in [1.54, 1.807) is 0 Å². The van der Waals surface area contributed by atoms with Crippen LogP contribution in [0.2, 0.25) is 0 Å². The summed E-state index contributed by atoms with van der Waals surface area (Å²) in [7, 11) is 0. The predicted octanol–water partition coefficient (Wildman–Crippen LogP) is 1.40. The molecule has 2 fully saturated rings. The molecule has 104 valence electrons. The van der Waals surface area contributed by atoms with E-state index in [1.807, 2.05) is 4.90 Å². The van der Waals surface area contributed by atoms with Gasteiger partial charge < -0.3 is 15.0 Å². The minimum atomic E-state index is 0.174. The van der Waals surface area contributed by atoms with Gasteiger partial charge in [-0.15, -0.1) is 0 Å². The van der Waals surface area contributed by atoms with Crippen LogP contribution in [0.15, 0.2) is 0 Å². The zero-order valence-electron chi connectivity index (χ0n) is 11.7. The molecule has 4 nitrogen and oxygen atoms in total. The van der Waals surface area contributed by atoms with Crippen LogP contribution in [0.5, 0.6) is 0 Å². The number of ether oxygens (including phenoxy) is 1. The Balaban J connectivity index is 1.76. The van der Waals surface area contributed by atoms with Crippen LogP contribution in [0.4, 0.5) is 0 Å². The van der Waals surface area contributed by atoms with Gasteiger partial charge in [-0.2, -0.15) is 0 Å². The van der Waals surface area contributed by atoms with Crippen molar-refractivity contribution in [1.29, 1.82) is 0 Å². The Labute approximate surface area is 110 Å². The summed E-state index contributed by atoms with van der Waals surface area (Å²) in [6, 6.07) is 0.364. The van der Waals surface area contributed by atoms with Gasteiger partial charge in [0.15, 0.2) is 0 Å². The molecule has 1 amide bonds. The van der Waals surface area contributed by atoms with Crippen LogP contribution in [0.3, 0.4) is 0 Å². The molecule has 2 heterocycles. The molecule has 0 aromatic heterocycles. The second-order valence-corrected chi connectivity index (χ2v) is 5.71. The maximum absolute atomic E-state index is 12.2. The molecule has 0 bridgehead atoms. The van der Waals surface area contributed by atoms with Gasteiger partial charge in [-0.3, -0.25) is 4.79 Å². The molecule has 2 aliphatic heterocycles. The Kier molecular flexibility index (Phi) is 5.01. The molecule has 0 saturated carbocycles. The van der Waals surface area contributed by atoms with Crippen molar-refractivity contribution in [3.05, 3.63) is 0 Å². The predicted molar refractivity (Wildman–Crippen MR) is 71.4 cm³/mol. The highest BCUT2D eigenvalue weighted by Crippen LogP contribution is 2.23. The lowest BCUT2D eigenvalue weighted by Crippen LogP contribution is -2.48. The number of hydrogen-bond acceptors (Lipinski definition) is 3. The quantitative estimate of drug-likeness (QED) is 0.828. The lowest BCUT2D eigenvalue weighted by atomic mass is 9.92. The van der Waals surface area contributed by atoms with E-state index in [0.717, 1.165) is 38.9 Å². The van der Waals surface area contributed by atoms with Crippen molar-refractivity contribution in [2.24, 2.45) is 5.92 Å². The van der Waals surface area contributed by atoms with E-state index in [9.17, 15) is 4.79 Å². The van der Waals surface area contributed by atoms with E-state index >= 15 is 0 Å². The Hall–Kier alpha value is -0.610. The third-order valence-electron chi connectivity index (χ3n) is 4.42. The molecule has 18 heavy (non-hydrogen) atoms. The maximum atomic E-state index is 12.2. The van der Waals surface area contributed by atoms with Crippen molar-refractivity contribution in [2.75, 3.05) is 26.2 Å². The molecule has 0 aromatic carbocycles. The summed E-state index contributed by atoms with van der Waals surface area (Å²) in [6.45, 7) is 7.58. The van der Waals surface area contributed by atoms with Crippen LogP contribution in [0.25, 0.3) is 0 Å². The molecule has 2 aliphatic rings. The topological polar surface area (TPSA) is 41.6 Å². The molecule has 2 saturated heterocycles. The van der Waals surface area contributed by atoms with Crippen molar-refractivity contribution in [1.82, 2.24) is 10.2 Å². The Bertz CT molecular complexity index is 277. The number of carbonyl (C=O) groups is 1. The largest absolute Gasteiger partial charge is 0.368 e. The van der Waals surface area contributed by atoms with Crippen molar-refractivity contribution in [2.45, 2.75) is 51.7 Å². The number of amides is 1. The molecule has 4 heteroatoms. The Morgan fingerprint density at radius 1 is 1.28 bits per heavy atom. The van der Waals surface area contributed by atoms with Gasteiger partial charge in [0.05, 0.1) is 6.10 Å². The standard InChI is InChI=1S/C14H26N2O2/c1-11-4-3-9-16(12(11)2)14(17)10-18-13-5-7-15-8-6-13/h11-13,15H,3-10H2,1-2H3. The second kappa shape index (κ2) is 6.53. The molecule has 2 atom stereocenters. The van der Waals surface area contributed by atoms with Gasteiger partial charge >= 0.3 is 0 Å². The number of nitrogens with one attached hydrogen (secondary N) is 1. The van der Waals surface area contributed by atoms with Crippen molar-refractivity contribution >= 4 is 5.91 Å². The van der Waals surface area contributed by atoms with Crippen LogP contribution >= 0.6 is 0 Å². The van der Waals surface area contributed by atoms with E-state index < -0.39 is 0 Å². The number of likely N-dealkylation sites (tertiary alicyclic amines) is 1. The van der Waals surface area contributed by atoms with Gasteiger partial charge in [0.1, 0.15) is 6.61 Å². The molecule has 0 radical (unpaired) electrons. The molecule has 0 aliphatic carbocycles. The van der Waals surface area contributed by atoms with Crippen LogP contribution < -0.4 is 5.32 Å². The number of rotatable bonds is 3. The molecular formula is C14H26N2O2. The Morgan fingerprint density at radius 3 is 2.72 bits per heavy atom. The fourth-order valence-electron chi connectivity index (χ4n) is 2.92. The first kappa shape index (κ1) is 13.8. The van der Waals surface area contributed by atoms with E-state index in [-0.39, 0.29) is 18.6 Å². The van der Waals surface area contributed by atoms with Gasteiger partial charge in [-0.25, -0.2) is 0 Å². The van der Waals surface area contributed by atoms with E-state index in [0.29, 0.717) is 12.0 Å². The average molecular weight is 254 g/mol. The minimum Gasteiger partial charge on any atom is -0.368 e. The van der Waals surface area contributed by atoms with Crippen LogP contribution in [-0.2, 0) is 9.53 Å². The minimum absolute atomic E-state index is 0.174. The van der Waals surface area contributed by atoms with E-state index in [1.165, 1.54) is 6.42 Å². The number of carbonyl (C=O) groups excluding carboxylic acids is 1. The normalized spacial score (nSPS) is 30.4. The highest BCUT2D eigenvalue weighted by Gasteiger charge is 2.28. The summed E-state index contributed by atoms with van der Waals surface area (Å²) < 4.78 is 5.75. The fraction of sp³-hybridized carbons (Fsp3) is 0.929. The van der Waals surface area contributed by atoms with Gasteiger partial charge in [-0.1, -0.05) is 6.92 Å². The Morgan fingerprint density at radius 2 is 2.00 bits per heavy atom. The van der Waals surface area contributed by atoms with E-state index in [2.05, 4.69) is 19.2 Å². The SMILES string of the molecule is CC1CCCN(C(=O)COC2CCNCC2)C1C. The summed E-state index contributed by atoms with van der Waals surface area (Å²) in [6.07, 6.45) is 4.69. The number of piperidine rings is 2. The highest BCUT2D eigenvalue weighted by molar-refractivity contribution is 5.77. The molecule has 2 rings (SSSR count). The van der Waals surface area contributed by atoms with Gasteiger partial charge in [-0.05, 0) is 51.6 Å². The number of nitrogens with zero attached hydrogens (tertiary/aromatic N) is 1. The fourth-order valence-corrected chi connectivity index (χ4v) is 2.92. The van der Waals surface area contributed by atoms with Gasteiger partial charge in [0, 0.05) is 12.6 Å². The van der Waals surface area contributed by atoms with Crippen LogP contribution in [-0.4, -0.2) is 49.2 Å². The summed E-state index contributed by atoms with van der Waals surface area (Å²) in [4.78, 5) is 14.2. The third kappa shape index (κ3) is 3.45. The van der Waals surface area contributed by atoms with Crippen LogP contribution in [0, 0.1) is 5.92 Å². The smallest absolute Gasteiger partial charge is 0.248 e. The summed E-state index contributed by atoms with van der Waals surface area (Å²) in [5.41, 5.74) is 0. The lowest BCUT2D eigenvalue weighted by molar-refractivity contribution is -0.143. The highest BCUT2D eigenvalue weighted by atomic mass is 16.5. The third-order valence-corrected chi connectivity index (χ3v) is 4.42. The van der Waals surface area contributed by atoms with Crippen LogP contribution in [0.1, 0.15) is 39.5 Å². The maximum Gasteiger partial charge on any atom is 0.248 e. The summed E-state index contributed by atoms with van der Waals surface area (Å²) in [5, 5.41) is 3.30. The second-order valence-electron chi connectivity index (χ2n) is 5.71. The zero-order chi connectivity index (χ0) is 13.0. The molecule has 2 unspecified atom stereocenters. The first-order valence-electron chi connectivity index (χ1n) is 7.30. The van der Waals surface area contributed by atoms with Gasteiger partial charge in [0.25, 0.3) is 0 Å². The average Bonchev–Trinajstić information content (AvgIpc) is 2.40. The monoisotopic (exact) mass is 254 g/mol. The molecule has 0 aromatic rings. The summed E-state index contributed by atoms with van der Waals surface area (Å²) >= 11 is 0. The molecule has 1 N–H and O–H groups in total. The van der Waals surface area contributed by atoms with Crippen molar-refractivity contribution in [3.63, 3.8) is 0 Å². The first-order valence-corrected chi connectivity index (χ1v) is 7.30. The lowest BCUT2D eigenvalue weighted by Gasteiger charge is -2.38. The first-order chi connectivity index (χ1) is 8.68.